The highest BCUT2D eigenvalue weighted by atomic mass is 32.1. The van der Waals surface area contributed by atoms with Gasteiger partial charge in [-0.25, -0.2) is 9.59 Å². The quantitative estimate of drug-likeness (QED) is 0.863. The Morgan fingerprint density at radius 3 is 2.76 bits per heavy atom. The molecule has 0 aliphatic heterocycles. The first kappa shape index (κ1) is 15.8. The molecule has 2 rings (SSSR count). The monoisotopic (exact) mass is 311 g/mol. The second-order valence-electron chi connectivity index (χ2n) is 5.06. The van der Waals surface area contributed by atoms with Gasteiger partial charge in [-0.3, -0.25) is 5.32 Å². The molecular formula is C15H21NO4S. The number of fused-ring (bicyclic) bond motifs is 1. The molecule has 1 atom stereocenters. The van der Waals surface area contributed by atoms with Crippen molar-refractivity contribution in [3.05, 3.63) is 16.0 Å². The molecule has 0 bridgehead atoms. The molecule has 0 radical (unpaired) electrons. The molecular weight excluding hydrogens is 290 g/mol. The molecule has 0 saturated heterocycles. The first-order chi connectivity index (χ1) is 10.1. The van der Waals surface area contributed by atoms with Crippen molar-refractivity contribution in [2.45, 2.75) is 39.5 Å². The Hall–Kier alpha value is -1.56. The van der Waals surface area contributed by atoms with Gasteiger partial charge in [0.25, 0.3) is 0 Å². The minimum absolute atomic E-state index is 0.318. The van der Waals surface area contributed by atoms with Crippen molar-refractivity contribution in [3.8, 4) is 0 Å². The van der Waals surface area contributed by atoms with E-state index in [1.165, 1.54) is 23.3 Å². The number of hydrogen-bond donors (Lipinski definition) is 1. The molecule has 0 aromatic carbocycles. The number of methoxy groups -OCH3 is 1. The first-order valence-electron chi connectivity index (χ1n) is 7.27. The van der Waals surface area contributed by atoms with Gasteiger partial charge in [0.05, 0.1) is 19.3 Å². The predicted octanol–water partition coefficient (Wildman–Crippen LogP) is 3.62. The number of thiophene rings is 1. The van der Waals surface area contributed by atoms with E-state index in [4.69, 9.17) is 4.74 Å². The van der Waals surface area contributed by atoms with Gasteiger partial charge in [0, 0.05) is 4.88 Å². The molecule has 0 spiro atoms. The van der Waals surface area contributed by atoms with E-state index in [1.807, 2.05) is 0 Å². The summed E-state index contributed by atoms with van der Waals surface area (Å²) in [7, 11) is 1.31. The van der Waals surface area contributed by atoms with Gasteiger partial charge in [0.1, 0.15) is 5.00 Å². The van der Waals surface area contributed by atoms with Gasteiger partial charge < -0.3 is 9.47 Å². The molecule has 0 saturated carbocycles. The molecule has 1 amide bonds. The Bertz CT molecular complexity index is 538. The summed E-state index contributed by atoms with van der Waals surface area (Å²) in [5.41, 5.74) is 1.55. The molecule has 1 aliphatic rings. The van der Waals surface area contributed by atoms with Gasteiger partial charge in [-0.2, -0.15) is 0 Å². The molecule has 0 unspecified atom stereocenters. The van der Waals surface area contributed by atoms with E-state index in [1.54, 1.807) is 6.92 Å². The zero-order valence-electron chi connectivity index (χ0n) is 12.7. The Morgan fingerprint density at radius 1 is 1.38 bits per heavy atom. The van der Waals surface area contributed by atoms with Crippen LogP contribution in [0.2, 0.25) is 0 Å². The van der Waals surface area contributed by atoms with Gasteiger partial charge in [-0.15, -0.1) is 11.3 Å². The summed E-state index contributed by atoms with van der Waals surface area (Å²) in [6.07, 6.45) is 3.47. The lowest BCUT2D eigenvalue weighted by Gasteiger charge is -2.20. The number of esters is 1. The highest BCUT2D eigenvalue weighted by molar-refractivity contribution is 7.17. The van der Waals surface area contributed by atoms with E-state index in [0.29, 0.717) is 23.1 Å². The minimum Gasteiger partial charge on any atom is -0.462 e. The highest BCUT2D eigenvalue weighted by Crippen LogP contribution is 2.40. The third-order valence-corrected chi connectivity index (χ3v) is 5.00. The summed E-state index contributed by atoms with van der Waals surface area (Å²) in [6.45, 7) is 4.28. The molecule has 116 valence electrons. The van der Waals surface area contributed by atoms with Gasteiger partial charge in [-0.1, -0.05) is 13.3 Å². The number of rotatable bonds is 4. The fourth-order valence-corrected chi connectivity index (χ4v) is 3.99. The summed E-state index contributed by atoms with van der Waals surface area (Å²) in [4.78, 5) is 24.9. The maximum Gasteiger partial charge on any atom is 0.411 e. The second kappa shape index (κ2) is 6.93. The largest absolute Gasteiger partial charge is 0.462 e. The summed E-state index contributed by atoms with van der Waals surface area (Å²) < 4.78 is 9.76. The standard InChI is InChI=1S/C15H21NO4S/c1-4-9-6-7-10-11(8-9)21-13(16-15(18)19-3)12(10)14(17)20-5-2/h9H,4-8H2,1-3H3,(H,16,18)/t9-/m1/s1. The predicted molar refractivity (Wildman–Crippen MR) is 82.1 cm³/mol. The zero-order chi connectivity index (χ0) is 15.4. The molecule has 1 N–H and O–H groups in total. The van der Waals surface area contributed by atoms with Crippen LogP contribution < -0.4 is 5.32 Å². The molecule has 1 aromatic rings. The van der Waals surface area contributed by atoms with Crippen LogP contribution in [0.5, 0.6) is 0 Å². The molecule has 0 fully saturated rings. The van der Waals surface area contributed by atoms with E-state index in [0.717, 1.165) is 31.2 Å². The van der Waals surface area contributed by atoms with Gasteiger partial charge >= 0.3 is 12.1 Å². The van der Waals surface area contributed by atoms with Crippen LogP contribution in [0.25, 0.3) is 0 Å². The fourth-order valence-electron chi connectivity index (χ4n) is 2.65. The Morgan fingerprint density at radius 2 is 2.14 bits per heavy atom. The summed E-state index contributed by atoms with van der Waals surface area (Å²) in [5.74, 6) is 0.286. The van der Waals surface area contributed by atoms with E-state index in [9.17, 15) is 9.59 Å². The molecule has 21 heavy (non-hydrogen) atoms. The van der Waals surface area contributed by atoms with Crippen LogP contribution in [0, 0.1) is 5.92 Å². The van der Waals surface area contributed by atoms with Crippen molar-refractivity contribution in [1.29, 1.82) is 0 Å². The number of carbonyl (C=O) groups is 2. The lowest BCUT2D eigenvalue weighted by Crippen LogP contribution is -2.17. The smallest absolute Gasteiger partial charge is 0.411 e. The molecule has 1 aromatic heterocycles. The SMILES string of the molecule is CCOC(=O)c1c(NC(=O)OC)sc2c1CC[C@@H](CC)C2. The second-order valence-corrected chi connectivity index (χ2v) is 6.17. The Labute approximate surface area is 128 Å². The molecule has 6 heteroatoms. The van der Waals surface area contributed by atoms with Crippen LogP contribution >= 0.6 is 11.3 Å². The van der Waals surface area contributed by atoms with Crippen LogP contribution in [-0.4, -0.2) is 25.8 Å². The topological polar surface area (TPSA) is 64.6 Å². The molecule has 1 aliphatic carbocycles. The number of anilines is 1. The normalized spacial score (nSPS) is 17.0. The van der Waals surface area contributed by atoms with Crippen molar-refractivity contribution >= 4 is 28.4 Å². The number of nitrogens with one attached hydrogen (secondary N) is 1. The van der Waals surface area contributed by atoms with E-state index in [-0.39, 0.29) is 5.97 Å². The van der Waals surface area contributed by atoms with Crippen molar-refractivity contribution in [2.75, 3.05) is 19.0 Å². The van der Waals surface area contributed by atoms with Crippen LogP contribution in [-0.2, 0) is 22.3 Å². The summed E-state index contributed by atoms with van der Waals surface area (Å²) >= 11 is 1.47. The number of amides is 1. The Kier molecular flexibility index (Phi) is 5.22. The third kappa shape index (κ3) is 3.37. The maximum absolute atomic E-state index is 12.2. The van der Waals surface area contributed by atoms with Crippen molar-refractivity contribution in [1.82, 2.24) is 0 Å². The van der Waals surface area contributed by atoms with Crippen molar-refractivity contribution in [2.24, 2.45) is 5.92 Å². The lowest BCUT2D eigenvalue weighted by atomic mass is 9.86. The van der Waals surface area contributed by atoms with Gasteiger partial charge in [0.15, 0.2) is 0 Å². The number of carbonyl (C=O) groups excluding carboxylic acids is 2. The third-order valence-electron chi connectivity index (χ3n) is 3.83. The van der Waals surface area contributed by atoms with Crippen molar-refractivity contribution in [3.63, 3.8) is 0 Å². The Balaban J connectivity index is 2.37. The summed E-state index contributed by atoms with van der Waals surface area (Å²) in [6, 6.07) is 0. The van der Waals surface area contributed by atoms with E-state index < -0.39 is 6.09 Å². The zero-order valence-corrected chi connectivity index (χ0v) is 13.5. The van der Waals surface area contributed by atoms with Gasteiger partial charge in [0.2, 0.25) is 0 Å². The molecule has 5 nitrogen and oxygen atoms in total. The lowest BCUT2D eigenvalue weighted by molar-refractivity contribution is 0.0526. The highest BCUT2D eigenvalue weighted by Gasteiger charge is 2.29. The van der Waals surface area contributed by atoms with Crippen molar-refractivity contribution < 1.29 is 19.1 Å². The number of hydrogen-bond acceptors (Lipinski definition) is 5. The van der Waals surface area contributed by atoms with Crippen LogP contribution in [0.3, 0.4) is 0 Å². The first-order valence-corrected chi connectivity index (χ1v) is 8.08. The maximum atomic E-state index is 12.2. The van der Waals surface area contributed by atoms with Crippen LogP contribution in [0.15, 0.2) is 0 Å². The summed E-state index contributed by atoms with van der Waals surface area (Å²) in [5, 5.41) is 3.19. The van der Waals surface area contributed by atoms with Crippen LogP contribution in [0.4, 0.5) is 9.80 Å². The fraction of sp³-hybridized carbons (Fsp3) is 0.600. The average molecular weight is 311 g/mol. The van der Waals surface area contributed by atoms with E-state index >= 15 is 0 Å². The van der Waals surface area contributed by atoms with E-state index in [2.05, 4.69) is 17.0 Å². The van der Waals surface area contributed by atoms with Gasteiger partial charge in [-0.05, 0) is 37.7 Å². The molecule has 1 heterocycles. The van der Waals surface area contributed by atoms with Crippen LogP contribution in [0.1, 0.15) is 47.5 Å². The average Bonchev–Trinajstić information content (AvgIpc) is 2.83. The number of ether oxygens (including phenoxy) is 2. The minimum atomic E-state index is -0.564.